The third-order valence-electron chi connectivity index (χ3n) is 3.30. The molecule has 3 aromatic rings. The van der Waals surface area contributed by atoms with E-state index in [1.165, 1.54) is 24.3 Å². The Bertz CT molecular complexity index is 903. The molecule has 0 spiro atoms. The van der Waals surface area contributed by atoms with E-state index in [2.05, 4.69) is 15.1 Å². The van der Waals surface area contributed by atoms with E-state index in [1.807, 2.05) is 19.9 Å². The highest BCUT2D eigenvalue weighted by molar-refractivity contribution is 5.39. The highest BCUT2D eigenvalue weighted by Crippen LogP contribution is 2.24. The third-order valence-corrected chi connectivity index (χ3v) is 3.30. The molecule has 0 N–H and O–H groups in total. The standard InChI is InChI=1S/C16H15N5O3/c1-10-8-11(2)20(19-10)15-9-16(18-12(3)17-15)24-14-6-4-13(5-7-14)21(22)23/h4-9H,1-3H3. The van der Waals surface area contributed by atoms with E-state index in [9.17, 15) is 10.1 Å². The number of rotatable bonds is 4. The number of nitro groups is 1. The average Bonchev–Trinajstić information content (AvgIpc) is 2.86. The van der Waals surface area contributed by atoms with E-state index in [-0.39, 0.29) is 5.69 Å². The fourth-order valence-corrected chi connectivity index (χ4v) is 2.30. The summed E-state index contributed by atoms with van der Waals surface area (Å²) in [6.07, 6.45) is 0. The average molecular weight is 325 g/mol. The van der Waals surface area contributed by atoms with Crippen LogP contribution in [0.3, 0.4) is 0 Å². The van der Waals surface area contributed by atoms with Gasteiger partial charge >= 0.3 is 0 Å². The predicted octanol–water partition coefficient (Wildman–Crippen LogP) is 3.29. The Hall–Kier alpha value is -3.29. The van der Waals surface area contributed by atoms with Crippen molar-refractivity contribution in [2.45, 2.75) is 20.8 Å². The summed E-state index contributed by atoms with van der Waals surface area (Å²) >= 11 is 0. The fraction of sp³-hybridized carbons (Fsp3) is 0.188. The zero-order valence-corrected chi connectivity index (χ0v) is 13.4. The van der Waals surface area contributed by atoms with Crippen molar-refractivity contribution in [2.24, 2.45) is 0 Å². The lowest BCUT2D eigenvalue weighted by molar-refractivity contribution is -0.384. The number of ether oxygens (including phenoxy) is 1. The van der Waals surface area contributed by atoms with Gasteiger partial charge in [-0.05, 0) is 39.0 Å². The molecular weight excluding hydrogens is 310 g/mol. The van der Waals surface area contributed by atoms with Crippen molar-refractivity contribution in [3.63, 3.8) is 0 Å². The van der Waals surface area contributed by atoms with E-state index < -0.39 is 4.92 Å². The van der Waals surface area contributed by atoms with Gasteiger partial charge in [0.15, 0.2) is 5.82 Å². The third kappa shape index (κ3) is 3.22. The summed E-state index contributed by atoms with van der Waals surface area (Å²) in [6.45, 7) is 5.61. The van der Waals surface area contributed by atoms with E-state index in [4.69, 9.17) is 4.74 Å². The molecule has 0 amide bonds. The Balaban J connectivity index is 1.91. The van der Waals surface area contributed by atoms with E-state index in [0.29, 0.717) is 23.3 Å². The van der Waals surface area contributed by atoms with Crippen LogP contribution in [0.5, 0.6) is 11.6 Å². The first-order valence-corrected chi connectivity index (χ1v) is 7.24. The molecule has 1 aromatic carbocycles. The molecule has 8 heteroatoms. The lowest BCUT2D eigenvalue weighted by Gasteiger charge is -2.08. The number of aryl methyl sites for hydroxylation is 3. The van der Waals surface area contributed by atoms with Crippen LogP contribution in [0, 0.1) is 30.9 Å². The van der Waals surface area contributed by atoms with E-state index in [1.54, 1.807) is 17.7 Å². The van der Waals surface area contributed by atoms with Crippen LogP contribution in [-0.4, -0.2) is 24.7 Å². The molecule has 0 fully saturated rings. The number of aromatic nitrogens is 4. The summed E-state index contributed by atoms with van der Waals surface area (Å²) in [4.78, 5) is 18.8. The highest BCUT2D eigenvalue weighted by atomic mass is 16.6. The molecule has 0 aliphatic carbocycles. The minimum absolute atomic E-state index is 0.00421. The molecule has 3 rings (SSSR count). The number of nitro benzene ring substituents is 1. The molecule has 24 heavy (non-hydrogen) atoms. The summed E-state index contributed by atoms with van der Waals surface area (Å²) < 4.78 is 7.40. The van der Waals surface area contributed by atoms with Crippen LogP contribution in [0.4, 0.5) is 5.69 Å². The number of benzene rings is 1. The Morgan fingerprint density at radius 2 is 1.79 bits per heavy atom. The normalized spacial score (nSPS) is 10.6. The van der Waals surface area contributed by atoms with Gasteiger partial charge in [-0.1, -0.05) is 0 Å². The Labute approximate surface area is 137 Å². The molecule has 0 saturated carbocycles. The van der Waals surface area contributed by atoms with Gasteiger partial charge in [0.2, 0.25) is 5.88 Å². The molecular formula is C16H15N5O3. The van der Waals surface area contributed by atoms with Gasteiger partial charge in [-0.15, -0.1) is 0 Å². The smallest absolute Gasteiger partial charge is 0.269 e. The van der Waals surface area contributed by atoms with Crippen molar-refractivity contribution < 1.29 is 9.66 Å². The minimum Gasteiger partial charge on any atom is -0.439 e. The maximum atomic E-state index is 10.7. The van der Waals surface area contributed by atoms with Gasteiger partial charge in [-0.2, -0.15) is 10.1 Å². The molecule has 0 bridgehead atoms. The lowest BCUT2D eigenvalue weighted by atomic mass is 10.3. The van der Waals surface area contributed by atoms with Gasteiger partial charge in [0.25, 0.3) is 5.69 Å². The largest absolute Gasteiger partial charge is 0.439 e. The minimum atomic E-state index is -0.459. The molecule has 2 heterocycles. The molecule has 8 nitrogen and oxygen atoms in total. The van der Waals surface area contributed by atoms with Crippen LogP contribution >= 0.6 is 0 Å². The van der Waals surface area contributed by atoms with Crippen LogP contribution in [-0.2, 0) is 0 Å². The van der Waals surface area contributed by atoms with Crippen molar-refractivity contribution in [3.8, 4) is 17.4 Å². The first-order valence-electron chi connectivity index (χ1n) is 7.24. The SMILES string of the molecule is Cc1cc(C)n(-c2cc(Oc3ccc([N+](=O)[O-])cc3)nc(C)n2)n1. The molecule has 0 radical (unpaired) electrons. The molecule has 0 unspecified atom stereocenters. The van der Waals surface area contributed by atoms with Crippen LogP contribution < -0.4 is 4.74 Å². The predicted molar refractivity (Wildman–Crippen MR) is 86.5 cm³/mol. The van der Waals surface area contributed by atoms with Crippen LogP contribution in [0.1, 0.15) is 17.2 Å². The number of hydrogen-bond donors (Lipinski definition) is 0. The molecule has 0 aliphatic rings. The second-order valence-electron chi connectivity index (χ2n) is 5.30. The zero-order valence-electron chi connectivity index (χ0n) is 13.4. The first-order chi connectivity index (χ1) is 11.4. The van der Waals surface area contributed by atoms with Gasteiger partial charge in [-0.25, -0.2) is 9.67 Å². The summed E-state index contributed by atoms with van der Waals surface area (Å²) in [6, 6.07) is 9.44. The van der Waals surface area contributed by atoms with E-state index in [0.717, 1.165) is 11.4 Å². The Morgan fingerprint density at radius 3 is 2.38 bits per heavy atom. The maximum absolute atomic E-state index is 10.7. The summed E-state index contributed by atoms with van der Waals surface area (Å²) in [5.74, 6) is 1.94. The summed E-state index contributed by atoms with van der Waals surface area (Å²) in [5, 5.41) is 15.1. The van der Waals surface area contributed by atoms with Crippen molar-refractivity contribution in [3.05, 3.63) is 63.7 Å². The molecule has 0 saturated heterocycles. The van der Waals surface area contributed by atoms with Gasteiger partial charge < -0.3 is 4.74 Å². The Morgan fingerprint density at radius 1 is 1.08 bits per heavy atom. The van der Waals surface area contributed by atoms with Crippen molar-refractivity contribution in [2.75, 3.05) is 0 Å². The monoisotopic (exact) mass is 325 g/mol. The molecule has 0 atom stereocenters. The van der Waals surface area contributed by atoms with Gasteiger partial charge in [0, 0.05) is 23.9 Å². The summed E-state index contributed by atoms with van der Waals surface area (Å²) in [5.41, 5.74) is 1.85. The van der Waals surface area contributed by atoms with Crippen molar-refractivity contribution >= 4 is 5.69 Å². The fourth-order valence-electron chi connectivity index (χ4n) is 2.30. The quantitative estimate of drug-likeness (QED) is 0.539. The second kappa shape index (κ2) is 6.07. The van der Waals surface area contributed by atoms with Gasteiger partial charge in [-0.3, -0.25) is 10.1 Å². The number of nitrogens with zero attached hydrogens (tertiary/aromatic N) is 5. The highest BCUT2D eigenvalue weighted by Gasteiger charge is 2.10. The summed E-state index contributed by atoms with van der Waals surface area (Å²) in [7, 11) is 0. The molecule has 122 valence electrons. The molecule has 0 aliphatic heterocycles. The zero-order chi connectivity index (χ0) is 17.3. The Kier molecular flexibility index (Phi) is 3.95. The van der Waals surface area contributed by atoms with Crippen molar-refractivity contribution in [1.82, 2.24) is 19.7 Å². The van der Waals surface area contributed by atoms with Crippen LogP contribution in [0.2, 0.25) is 0 Å². The lowest BCUT2D eigenvalue weighted by Crippen LogP contribution is -2.05. The van der Waals surface area contributed by atoms with Crippen LogP contribution in [0.25, 0.3) is 5.82 Å². The maximum Gasteiger partial charge on any atom is 0.269 e. The van der Waals surface area contributed by atoms with Crippen LogP contribution in [0.15, 0.2) is 36.4 Å². The molecule has 2 aromatic heterocycles. The second-order valence-corrected chi connectivity index (χ2v) is 5.30. The van der Waals surface area contributed by atoms with Crippen molar-refractivity contribution in [1.29, 1.82) is 0 Å². The van der Waals surface area contributed by atoms with Gasteiger partial charge in [0.1, 0.15) is 11.6 Å². The first kappa shape index (κ1) is 15.6. The number of non-ortho nitro benzene ring substituents is 1. The van der Waals surface area contributed by atoms with E-state index >= 15 is 0 Å². The topological polar surface area (TPSA) is 96.0 Å². The van der Waals surface area contributed by atoms with Gasteiger partial charge in [0.05, 0.1) is 10.6 Å². The number of hydrogen-bond acceptors (Lipinski definition) is 6.